The molecule has 1 heterocycles. The van der Waals surface area contributed by atoms with Gasteiger partial charge in [-0.2, -0.15) is 0 Å². The number of hydrogen-bond donors (Lipinski definition) is 1. The quantitative estimate of drug-likeness (QED) is 0.774. The number of aliphatic carboxylic acids is 1. The van der Waals surface area contributed by atoms with Gasteiger partial charge in [0, 0.05) is 7.05 Å². The van der Waals surface area contributed by atoms with E-state index in [-0.39, 0.29) is 6.42 Å². The third-order valence-corrected chi connectivity index (χ3v) is 2.16. The fourth-order valence-corrected chi connectivity index (χ4v) is 1.60. The Balaban J connectivity index is 2.63. The van der Waals surface area contributed by atoms with E-state index in [2.05, 4.69) is 4.98 Å². The number of para-hydroxylation sites is 1. The summed E-state index contributed by atoms with van der Waals surface area (Å²) in [7, 11) is 1.86. The molecule has 0 aliphatic carbocycles. The molecule has 2 aromatic rings. The van der Waals surface area contributed by atoms with Gasteiger partial charge in [-0.25, -0.2) is 4.98 Å². The lowest BCUT2D eigenvalue weighted by atomic mass is 10.1. The summed E-state index contributed by atoms with van der Waals surface area (Å²) in [5.41, 5.74) is 2.54. The molecule has 1 N–H and O–H groups in total. The molecule has 14 heavy (non-hydrogen) atoms. The zero-order chi connectivity index (χ0) is 10.1. The molecule has 4 nitrogen and oxygen atoms in total. The number of carbonyl (C=O) groups is 1. The molecule has 0 fully saturated rings. The van der Waals surface area contributed by atoms with Gasteiger partial charge in [-0.15, -0.1) is 0 Å². The van der Waals surface area contributed by atoms with E-state index >= 15 is 0 Å². The lowest BCUT2D eigenvalue weighted by Crippen LogP contribution is -2.02. The highest BCUT2D eigenvalue weighted by Gasteiger charge is 2.08. The van der Waals surface area contributed by atoms with Gasteiger partial charge in [-0.05, 0) is 11.6 Å². The first-order valence-electron chi connectivity index (χ1n) is 4.29. The highest BCUT2D eigenvalue weighted by atomic mass is 16.4. The number of hydrogen-bond acceptors (Lipinski definition) is 2. The minimum absolute atomic E-state index is 0.0386. The van der Waals surface area contributed by atoms with E-state index in [0.29, 0.717) is 0 Å². The number of carboxylic acid groups (broad SMARTS) is 1. The Kier molecular flexibility index (Phi) is 1.96. The molecule has 0 unspecified atom stereocenters. The maximum Gasteiger partial charge on any atom is 0.307 e. The number of aromatic nitrogens is 2. The molecule has 0 saturated carbocycles. The third-order valence-electron chi connectivity index (χ3n) is 2.16. The number of rotatable bonds is 2. The van der Waals surface area contributed by atoms with Crippen LogP contribution in [0, 0.1) is 0 Å². The van der Waals surface area contributed by atoms with E-state index in [1.165, 1.54) is 0 Å². The van der Waals surface area contributed by atoms with Crippen molar-refractivity contribution in [3.63, 3.8) is 0 Å². The Morgan fingerprint density at radius 1 is 1.57 bits per heavy atom. The molecule has 0 radical (unpaired) electrons. The van der Waals surface area contributed by atoms with Gasteiger partial charge < -0.3 is 9.67 Å². The molecule has 0 amide bonds. The molecule has 2 rings (SSSR count). The zero-order valence-electron chi connectivity index (χ0n) is 7.77. The van der Waals surface area contributed by atoms with Crippen molar-refractivity contribution >= 4 is 17.0 Å². The fraction of sp³-hybridized carbons (Fsp3) is 0.200. The lowest BCUT2D eigenvalue weighted by molar-refractivity contribution is -0.136. The minimum Gasteiger partial charge on any atom is -0.481 e. The number of nitrogens with zero attached hydrogens (tertiary/aromatic N) is 2. The van der Waals surface area contributed by atoms with Crippen LogP contribution in [0.3, 0.4) is 0 Å². The second-order valence-electron chi connectivity index (χ2n) is 3.21. The molecule has 0 aliphatic heterocycles. The normalized spacial score (nSPS) is 10.6. The van der Waals surface area contributed by atoms with E-state index in [1.807, 2.05) is 29.8 Å². The predicted molar refractivity (Wildman–Crippen MR) is 52.1 cm³/mol. The first-order valence-corrected chi connectivity index (χ1v) is 4.29. The van der Waals surface area contributed by atoms with Crippen molar-refractivity contribution in [2.45, 2.75) is 6.42 Å². The topological polar surface area (TPSA) is 55.1 Å². The van der Waals surface area contributed by atoms with Crippen molar-refractivity contribution in [3.05, 3.63) is 30.1 Å². The maximum atomic E-state index is 10.6. The number of aryl methyl sites for hydroxylation is 1. The maximum absolute atomic E-state index is 10.6. The van der Waals surface area contributed by atoms with Crippen LogP contribution in [0.15, 0.2) is 24.5 Å². The van der Waals surface area contributed by atoms with Crippen molar-refractivity contribution in [1.82, 2.24) is 9.55 Å². The first kappa shape index (κ1) is 8.74. The average molecular weight is 190 g/mol. The van der Waals surface area contributed by atoms with Crippen LogP contribution >= 0.6 is 0 Å². The molecule has 0 spiro atoms. The SMILES string of the molecule is Cn1cnc2cccc(CC(=O)O)c21. The Morgan fingerprint density at radius 3 is 3.07 bits per heavy atom. The van der Waals surface area contributed by atoms with Crippen molar-refractivity contribution < 1.29 is 9.90 Å². The van der Waals surface area contributed by atoms with Crippen LogP contribution in [0.2, 0.25) is 0 Å². The molecule has 0 saturated heterocycles. The summed E-state index contributed by atoms with van der Waals surface area (Å²) in [6.45, 7) is 0. The summed E-state index contributed by atoms with van der Waals surface area (Å²) in [5, 5.41) is 8.73. The fourth-order valence-electron chi connectivity index (χ4n) is 1.60. The molecule has 72 valence electrons. The molecule has 0 atom stereocenters. The van der Waals surface area contributed by atoms with Crippen LogP contribution in [0.5, 0.6) is 0 Å². The zero-order valence-corrected chi connectivity index (χ0v) is 7.77. The number of carboxylic acids is 1. The number of imidazole rings is 1. The van der Waals surface area contributed by atoms with Crippen LogP contribution < -0.4 is 0 Å². The third kappa shape index (κ3) is 1.35. The molecule has 0 bridgehead atoms. The highest BCUT2D eigenvalue weighted by Crippen LogP contribution is 2.17. The molecule has 4 heteroatoms. The van der Waals surface area contributed by atoms with Gasteiger partial charge in [0.25, 0.3) is 0 Å². The second kappa shape index (κ2) is 3.14. The highest BCUT2D eigenvalue weighted by molar-refractivity contribution is 5.83. The number of benzene rings is 1. The van der Waals surface area contributed by atoms with Crippen molar-refractivity contribution in [1.29, 1.82) is 0 Å². The largest absolute Gasteiger partial charge is 0.481 e. The summed E-state index contributed by atoms with van der Waals surface area (Å²) >= 11 is 0. The summed E-state index contributed by atoms with van der Waals surface area (Å²) in [6, 6.07) is 5.52. The van der Waals surface area contributed by atoms with Crippen molar-refractivity contribution in [2.75, 3.05) is 0 Å². The Hall–Kier alpha value is -1.84. The Bertz CT molecular complexity index is 488. The summed E-state index contributed by atoms with van der Waals surface area (Å²) < 4.78 is 1.84. The molecule has 1 aromatic heterocycles. The second-order valence-corrected chi connectivity index (χ2v) is 3.21. The van der Waals surface area contributed by atoms with Gasteiger partial charge in [-0.1, -0.05) is 12.1 Å². The number of fused-ring (bicyclic) bond motifs is 1. The summed E-state index contributed by atoms with van der Waals surface area (Å²) in [6.07, 6.45) is 1.73. The van der Waals surface area contributed by atoms with Crippen molar-refractivity contribution in [2.24, 2.45) is 7.05 Å². The monoisotopic (exact) mass is 190 g/mol. The van der Waals surface area contributed by atoms with Crippen LogP contribution in [-0.2, 0) is 18.3 Å². The van der Waals surface area contributed by atoms with Crippen LogP contribution in [0.25, 0.3) is 11.0 Å². The predicted octanol–water partition coefficient (Wildman–Crippen LogP) is 1.20. The average Bonchev–Trinajstić information content (AvgIpc) is 2.48. The van der Waals surface area contributed by atoms with E-state index < -0.39 is 5.97 Å². The van der Waals surface area contributed by atoms with Crippen LogP contribution in [0.4, 0.5) is 0 Å². The molecular weight excluding hydrogens is 180 g/mol. The summed E-state index contributed by atoms with van der Waals surface area (Å²) in [4.78, 5) is 14.8. The molecule has 1 aromatic carbocycles. The smallest absolute Gasteiger partial charge is 0.307 e. The molecule has 0 aliphatic rings. The van der Waals surface area contributed by atoms with E-state index in [4.69, 9.17) is 5.11 Å². The van der Waals surface area contributed by atoms with Gasteiger partial charge in [0.15, 0.2) is 0 Å². The van der Waals surface area contributed by atoms with Gasteiger partial charge in [-0.3, -0.25) is 4.79 Å². The van der Waals surface area contributed by atoms with Crippen LogP contribution in [0.1, 0.15) is 5.56 Å². The Morgan fingerprint density at radius 2 is 2.36 bits per heavy atom. The van der Waals surface area contributed by atoms with Gasteiger partial charge in [0.05, 0.1) is 23.8 Å². The van der Waals surface area contributed by atoms with Gasteiger partial charge >= 0.3 is 5.97 Å². The lowest BCUT2D eigenvalue weighted by Gasteiger charge is -2.01. The Labute approximate surface area is 80.8 Å². The van der Waals surface area contributed by atoms with Gasteiger partial charge in [0.2, 0.25) is 0 Å². The summed E-state index contributed by atoms with van der Waals surface area (Å²) in [5.74, 6) is -0.821. The standard InChI is InChI=1S/C10H10N2O2/c1-12-6-11-8-4-2-3-7(10(8)12)5-9(13)14/h2-4,6H,5H2,1H3,(H,13,14). The van der Waals surface area contributed by atoms with Crippen molar-refractivity contribution in [3.8, 4) is 0 Å². The van der Waals surface area contributed by atoms with E-state index in [9.17, 15) is 4.79 Å². The minimum atomic E-state index is -0.821. The van der Waals surface area contributed by atoms with E-state index in [1.54, 1.807) is 6.33 Å². The van der Waals surface area contributed by atoms with Gasteiger partial charge in [0.1, 0.15) is 0 Å². The first-order chi connectivity index (χ1) is 6.68. The molecular formula is C10H10N2O2. The van der Waals surface area contributed by atoms with Crippen LogP contribution in [-0.4, -0.2) is 20.6 Å². The van der Waals surface area contributed by atoms with E-state index in [0.717, 1.165) is 16.6 Å².